The predicted octanol–water partition coefficient (Wildman–Crippen LogP) is 3.57. The highest BCUT2D eigenvalue weighted by Gasteiger charge is 2.33. The Labute approximate surface area is 174 Å². The van der Waals surface area contributed by atoms with Crippen LogP contribution in [0.5, 0.6) is 0 Å². The molecule has 3 rings (SSSR count). The number of likely N-dealkylation sites (tertiary alicyclic amines) is 1. The number of nitrogens with zero attached hydrogens (tertiary/aromatic N) is 2. The van der Waals surface area contributed by atoms with Crippen molar-refractivity contribution in [3.8, 4) is 0 Å². The summed E-state index contributed by atoms with van der Waals surface area (Å²) in [6.07, 6.45) is 3.64. The van der Waals surface area contributed by atoms with E-state index in [0.29, 0.717) is 35.2 Å². The lowest BCUT2D eigenvalue weighted by Gasteiger charge is -2.16. The molecule has 0 bridgehead atoms. The van der Waals surface area contributed by atoms with Crippen LogP contribution >= 0.6 is 11.6 Å². The molecule has 1 atom stereocenters. The van der Waals surface area contributed by atoms with Gasteiger partial charge in [-0.05, 0) is 42.8 Å². The summed E-state index contributed by atoms with van der Waals surface area (Å²) in [6.45, 7) is 3.23. The van der Waals surface area contributed by atoms with E-state index < -0.39 is 0 Å². The number of benzene rings is 1. The monoisotopic (exact) mass is 414 g/mol. The van der Waals surface area contributed by atoms with Gasteiger partial charge in [0, 0.05) is 37.0 Å². The lowest BCUT2D eigenvalue weighted by atomic mass is 10.1. The van der Waals surface area contributed by atoms with Gasteiger partial charge in [0.05, 0.1) is 10.9 Å². The SMILES string of the molecule is CCCCN1CC(C(=O)Nc2ccc(C(=O)Nc3ccc(Cl)cn3)cc2)CC1=O. The Morgan fingerprint density at radius 3 is 2.59 bits per heavy atom. The Bertz CT molecular complexity index is 884. The highest BCUT2D eigenvalue weighted by Crippen LogP contribution is 2.21. The second-order valence-electron chi connectivity index (χ2n) is 6.98. The summed E-state index contributed by atoms with van der Waals surface area (Å²) in [5.41, 5.74) is 1.01. The minimum Gasteiger partial charge on any atom is -0.342 e. The number of hydrogen-bond acceptors (Lipinski definition) is 4. The van der Waals surface area contributed by atoms with Crippen molar-refractivity contribution >= 4 is 40.8 Å². The first-order valence-electron chi connectivity index (χ1n) is 9.58. The summed E-state index contributed by atoms with van der Waals surface area (Å²) in [5.74, 6) is -0.416. The smallest absolute Gasteiger partial charge is 0.256 e. The van der Waals surface area contributed by atoms with Gasteiger partial charge in [0.25, 0.3) is 5.91 Å². The van der Waals surface area contributed by atoms with E-state index in [1.165, 1.54) is 6.20 Å². The Kier molecular flexibility index (Phi) is 6.82. The average Bonchev–Trinajstić information content (AvgIpc) is 3.09. The van der Waals surface area contributed by atoms with Gasteiger partial charge in [0.1, 0.15) is 5.82 Å². The van der Waals surface area contributed by atoms with Crippen molar-refractivity contribution in [2.24, 2.45) is 5.92 Å². The van der Waals surface area contributed by atoms with Crippen molar-refractivity contribution < 1.29 is 14.4 Å². The fourth-order valence-corrected chi connectivity index (χ4v) is 3.21. The molecule has 1 aromatic carbocycles. The molecule has 8 heteroatoms. The van der Waals surface area contributed by atoms with E-state index in [2.05, 4.69) is 22.5 Å². The molecule has 29 heavy (non-hydrogen) atoms. The zero-order chi connectivity index (χ0) is 20.8. The molecule has 1 aliphatic heterocycles. The van der Waals surface area contributed by atoms with Gasteiger partial charge in [-0.25, -0.2) is 4.98 Å². The number of rotatable bonds is 7. The van der Waals surface area contributed by atoms with Gasteiger partial charge in [-0.2, -0.15) is 0 Å². The van der Waals surface area contributed by atoms with E-state index in [1.807, 2.05) is 0 Å². The van der Waals surface area contributed by atoms with Gasteiger partial charge in [-0.1, -0.05) is 24.9 Å². The Balaban J connectivity index is 1.55. The average molecular weight is 415 g/mol. The first kappa shape index (κ1) is 20.8. The molecule has 7 nitrogen and oxygen atoms in total. The summed E-state index contributed by atoms with van der Waals surface area (Å²) in [7, 11) is 0. The van der Waals surface area contributed by atoms with Crippen molar-refractivity contribution in [1.29, 1.82) is 0 Å². The molecule has 1 unspecified atom stereocenters. The van der Waals surface area contributed by atoms with Crippen molar-refractivity contribution in [1.82, 2.24) is 9.88 Å². The number of amides is 3. The molecule has 1 aromatic heterocycles. The Morgan fingerprint density at radius 2 is 1.93 bits per heavy atom. The molecular weight excluding hydrogens is 392 g/mol. The predicted molar refractivity (Wildman–Crippen MR) is 112 cm³/mol. The molecule has 2 aromatic rings. The summed E-state index contributed by atoms with van der Waals surface area (Å²) < 4.78 is 0. The zero-order valence-electron chi connectivity index (χ0n) is 16.2. The highest BCUT2D eigenvalue weighted by molar-refractivity contribution is 6.30. The van der Waals surface area contributed by atoms with Crippen LogP contribution in [0.1, 0.15) is 36.5 Å². The van der Waals surface area contributed by atoms with E-state index in [4.69, 9.17) is 11.6 Å². The van der Waals surface area contributed by atoms with Crippen LogP contribution in [0.2, 0.25) is 5.02 Å². The molecule has 152 valence electrons. The number of carbonyl (C=O) groups excluding carboxylic acids is 3. The maximum absolute atomic E-state index is 12.5. The molecule has 3 amide bonds. The molecule has 0 spiro atoms. The van der Waals surface area contributed by atoms with Crippen LogP contribution in [-0.2, 0) is 9.59 Å². The molecule has 1 saturated heterocycles. The van der Waals surface area contributed by atoms with Gasteiger partial charge in [-0.15, -0.1) is 0 Å². The first-order valence-corrected chi connectivity index (χ1v) is 9.95. The summed E-state index contributed by atoms with van der Waals surface area (Å²) in [6, 6.07) is 9.81. The van der Waals surface area contributed by atoms with E-state index in [-0.39, 0.29) is 30.1 Å². The summed E-state index contributed by atoms with van der Waals surface area (Å²) in [5, 5.41) is 5.99. The van der Waals surface area contributed by atoms with Crippen molar-refractivity contribution in [2.75, 3.05) is 23.7 Å². The fraction of sp³-hybridized carbons (Fsp3) is 0.333. The van der Waals surface area contributed by atoms with Gasteiger partial charge >= 0.3 is 0 Å². The van der Waals surface area contributed by atoms with Crippen LogP contribution in [0.25, 0.3) is 0 Å². The van der Waals surface area contributed by atoms with Crippen molar-refractivity contribution in [3.05, 3.63) is 53.2 Å². The van der Waals surface area contributed by atoms with Crippen molar-refractivity contribution in [2.45, 2.75) is 26.2 Å². The second kappa shape index (κ2) is 9.52. The number of carbonyl (C=O) groups is 3. The van der Waals surface area contributed by atoms with Crippen molar-refractivity contribution in [3.63, 3.8) is 0 Å². The Morgan fingerprint density at radius 1 is 1.17 bits per heavy atom. The number of hydrogen-bond donors (Lipinski definition) is 2. The number of nitrogens with one attached hydrogen (secondary N) is 2. The minimum atomic E-state index is -0.349. The molecule has 1 fully saturated rings. The molecule has 0 radical (unpaired) electrons. The molecule has 2 N–H and O–H groups in total. The number of halogens is 1. The van der Waals surface area contributed by atoms with Crippen LogP contribution in [0.4, 0.5) is 11.5 Å². The van der Waals surface area contributed by atoms with Crippen LogP contribution in [0.3, 0.4) is 0 Å². The van der Waals surface area contributed by atoms with Gasteiger partial charge in [0.15, 0.2) is 0 Å². The molecule has 2 heterocycles. The third-order valence-electron chi connectivity index (χ3n) is 4.75. The number of unbranched alkanes of at least 4 members (excludes halogenated alkanes) is 1. The maximum Gasteiger partial charge on any atom is 0.256 e. The third kappa shape index (κ3) is 5.54. The van der Waals surface area contributed by atoms with E-state index in [1.54, 1.807) is 41.3 Å². The van der Waals surface area contributed by atoms with Crippen LogP contribution < -0.4 is 10.6 Å². The lowest BCUT2D eigenvalue weighted by Crippen LogP contribution is -2.29. The highest BCUT2D eigenvalue weighted by atomic mass is 35.5. The number of pyridine rings is 1. The minimum absolute atomic E-state index is 0.0291. The fourth-order valence-electron chi connectivity index (χ4n) is 3.10. The number of anilines is 2. The molecule has 1 aliphatic rings. The maximum atomic E-state index is 12.5. The standard InChI is InChI=1S/C21H23ClN4O3/c1-2-3-10-26-13-15(11-19(26)27)21(29)24-17-7-4-14(5-8-17)20(28)25-18-9-6-16(22)12-23-18/h4-9,12,15H,2-3,10-11,13H2,1H3,(H,24,29)(H,23,25,28). The van der Waals surface area contributed by atoms with Gasteiger partial charge < -0.3 is 15.5 Å². The van der Waals surface area contributed by atoms with Crippen LogP contribution in [-0.4, -0.2) is 40.7 Å². The largest absolute Gasteiger partial charge is 0.342 e. The molecule has 0 aliphatic carbocycles. The number of aromatic nitrogens is 1. The van der Waals surface area contributed by atoms with E-state index >= 15 is 0 Å². The Hall–Kier alpha value is -2.93. The van der Waals surface area contributed by atoms with E-state index in [0.717, 1.165) is 12.8 Å². The van der Waals surface area contributed by atoms with Gasteiger partial charge in [-0.3, -0.25) is 14.4 Å². The van der Waals surface area contributed by atoms with Crippen LogP contribution in [0, 0.1) is 5.92 Å². The third-order valence-corrected chi connectivity index (χ3v) is 4.97. The normalized spacial score (nSPS) is 16.0. The summed E-state index contributed by atoms with van der Waals surface area (Å²) >= 11 is 5.78. The topological polar surface area (TPSA) is 91.4 Å². The zero-order valence-corrected chi connectivity index (χ0v) is 16.9. The van der Waals surface area contributed by atoms with E-state index in [9.17, 15) is 14.4 Å². The van der Waals surface area contributed by atoms with Gasteiger partial charge in [0.2, 0.25) is 11.8 Å². The lowest BCUT2D eigenvalue weighted by molar-refractivity contribution is -0.128. The quantitative estimate of drug-likeness (QED) is 0.724. The summed E-state index contributed by atoms with van der Waals surface area (Å²) in [4.78, 5) is 42.6. The second-order valence-corrected chi connectivity index (χ2v) is 7.41. The molecular formula is C21H23ClN4O3. The first-order chi connectivity index (χ1) is 14.0. The van der Waals surface area contributed by atoms with Crippen LogP contribution in [0.15, 0.2) is 42.6 Å². The molecule has 0 saturated carbocycles.